The molecule has 1 aromatic heterocycles. The van der Waals surface area contributed by atoms with Crippen molar-refractivity contribution in [2.45, 2.75) is 20.0 Å². The fraction of sp³-hybridized carbons (Fsp3) is 0.474. The van der Waals surface area contributed by atoms with Crippen molar-refractivity contribution >= 4 is 39.8 Å². The van der Waals surface area contributed by atoms with Crippen LogP contribution in [-0.4, -0.2) is 67.6 Å². The van der Waals surface area contributed by atoms with Gasteiger partial charge in [0.05, 0.1) is 24.5 Å². The Labute approximate surface area is 177 Å². The number of nitrogens with zero attached hydrogens (tertiary/aromatic N) is 5. The Hall–Kier alpha value is -2.95. The van der Waals surface area contributed by atoms with Crippen molar-refractivity contribution < 1.29 is 18.7 Å². The van der Waals surface area contributed by atoms with Crippen LogP contribution in [0.4, 0.5) is 25.7 Å². The topological polar surface area (TPSA) is 90.9 Å². The minimum atomic E-state index is -0.543. The van der Waals surface area contributed by atoms with Crippen molar-refractivity contribution in [1.82, 2.24) is 15.5 Å². The van der Waals surface area contributed by atoms with Gasteiger partial charge in [-0.05, 0) is 25.1 Å². The summed E-state index contributed by atoms with van der Waals surface area (Å²) in [5.41, 5.74) is 0.948. The first-order valence-corrected chi connectivity index (χ1v) is 10.5. The van der Waals surface area contributed by atoms with Gasteiger partial charge in [0.15, 0.2) is 0 Å². The number of rotatable bonds is 5. The number of hydrogen-bond donors (Lipinski definition) is 1. The molecule has 2 fully saturated rings. The maximum absolute atomic E-state index is 14.9. The van der Waals surface area contributed by atoms with E-state index in [1.165, 1.54) is 17.9 Å². The van der Waals surface area contributed by atoms with Gasteiger partial charge in [-0.1, -0.05) is 11.3 Å². The number of piperazine rings is 1. The Morgan fingerprint density at radius 3 is 2.63 bits per heavy atom. The number of aryl methyl sites for hydroxylation is 1. The Morgan fingerprint density at radius 1 is 1.27 bits per heavy atom. The molecule has 1 atom stereocenters. The van der Waals surface area contributed by atoms with Crippen LogP contribution in [0.1, 0.15) is 11.9 Å². The van der Waals surface area contributed by atoms with Gasteiger partial charge in [-0.25, -0.2) is 9.18 Å². The second-order valence-electron chi connectivity index (χ2n) is 7.27. The highest BCUT2D eigenvalue weighted by molar-refractivity contribution is 7.15. The SMILES string of the molecule is CC(=O)NCC1CN(c2ccc(N3CCN(c4nnc(C)s4)CC3)c(F)c2)C(=O)O1. The molecular formula is C19H23FN6O3S. The molecule has 2 saturated heterocycles. The van der Waals surface area contributed by atoms with Crippen LogP contribution in [0.15, 0.2) is 18.2 Å². The monoisotopic (exact) mass is 434 g/mol. The van der Waals surface area contributed by atoms with Crippen molar-refractivity contribution in [2.75, 3.05) is 54.0 Å². The normalized spacial score (nSPS) is 19.2. The highest BCUT2D eigenvalue weighted by atomic mass is 32.1. The van der Waals surface area contributed by atoms with Crippen LogP contribution >= 0.6 is 11.3 Å². The first-order chi connectivity index (χ1) is 14.4. The van der Waals surface area contributed by atoms with E-state index in [-0.39, 0.29) is 24.8 Å². The Bertz CT molecular complexity index is 946. The van der Waals surface area contributed by atoms with Crippen molar-refractivity contribution in [3.63, 3.8) is 0 Å². The molecule has 2 aromatic rings. The molecule has 2 aliphatic heterocycles. The molecule has 0 radical (unpaired) electrons. The summed E-state index contributed by atoms with van der Waals surface area (Å²) >= 11 is 1.55. The summed E-state index contributed by atoms with van der Waals surface area (Å²) < 4.78 is 20.1. The van der Waals surface area contributed by atoms with Gasteiger partial charge in [0, 0.05) is 33.1 Å². The standard InChI is InChI=1S/C19H23FN6O3S/c1-12(27)21-10-15-11-26(19(28)29-15)14-3-4-17(16(20)9-14)24-5-7-25(8-6-24)18-23-22-13(2)30-18/h3-4,9,15H,5-8,10-11H2,1-2H3,(H,21,27). The number of ether oxygens (including phenoxy) is 1. The van der Waals surface area contributed by atoms with E-state index in [1.54, 1.807) is 23.5 Å². The third-order valence-corrected chi connectivity index (χ3v) is 6.00. The zero-order valence-electron chi connectivity index (χ0n) is 16.8. The summed E-state index contributed by atoms with van der Waals surface area (Å²) in [6.07, 6.45) is -1.00. The van der Waals surface area contributed by atoms with E-state index in [0.29, 0.717) is 24.5 Å². The minimum absolute atomic E-state index is 0.193. The van der Waals surface area contributed by atoms with Gasteiger partial charge < -0.3 is 19.9 Å². The highest BCUT2D eigenvalue weighted by Gasteiger charge is 2.33. The molecule has 0 bridgehead atoms. The maximum atomic E-state index is 14.9. The zero-order chi connectivity index (χ0) is 21.3. The second-order valence-corrected chi connectivity index (χ2v) is 8.43. The third kappa shape index (κ3) is 4.30. The molecule has 30 heavy (non-hydrogen) atoms. The average Bonchev–Trinajstić information content (AvgIpc) is 3.32. The lowest BCUT2D eigenvalue weighted by Crippen LogP contribution is -2.46. The maximum Gasteiger partial charge on any atom is 0.414 e. The molecule has 3 heterocycles. The van der Waals surface area contributed by atoms with Gasteiger partial charge in [-0.3, -0.25) is 9.69 Å². The number of halogens is 1. The summed E-state index contributed by atoms with van der Waals surface area (Å²) in [6.45, 7) is 6.62. The lowest BCUT2D eigenvalue weighted by atomic mass is 10.2. The van der Waals surface area contributed by atoms with Crippen LogP contribution in [0, 0.1) is 12.7 Å². The van der Waals surface area contributed by atoms with Crippen molar-refractivity contribution in [2.24, 2.45) is 0 Å². The molecule has 0 saturated carbocycles. The van der Waals surface area contributed by atoms with Gasteiger partial charge in [-0.15, -0.1) is 10.2 Å². The first-order valence-electron chi connectivity index (χ1n) is 9.73. The number of hydrogen-bond acceptors (Lipinski definition) is 8. The van der Waals surface area contributed by atoms with Crippen molar-refractivity contribution in [3.05, 3.63) is 29.0 Å². The van der Waals surface area contributed by atoms with E-state index >= 15 is 0 Å². The van der Waals surface area contributed by atoms with Crippen molar-refractivity contribution in [3.8, 4) is 0 Å². The smallest absolute Gasteiger partial charge is 0.414 e. The number of anilines is 3. The molecule has 0 spiro atoms. The minimum Gasteiger partial charge on any atom is -0.442 e. The Balaban J connectivity index is 1.39. The van der Waals surface area contributed by atoms with Crippen LogP contribution in [0.25, 0.3) is 0 Å². The number of carbonyl (C=O) groups is 2. The van der Waals surface area contributed by atoms with E-state index < -0.39 is 12.2 Å². The molecule has 1 N–H and O–H groups in total. The van der Waals surface area contributed by atoms with Gasteiger partial charge >= 0.3 is 6.09 Å². The van der Waals surface area contributed by atoms with E-state index in [4.69, 9.17) is 4.74 Å². The molecular weight excluding hydrogens is 411 g/mol. The van der Waals surface area contributed by atoms with Crippen LogP contribution in [0.3, 0.4) is 0 Å². The summed E-state index contributed by atoms with van der Waals surface area (Å²) in [5.74, 6) is -0.577. The van der Waals surface area contributed by atoms with Crippen LogP contribution in [0.5, 0.6) is 0 Å². The van der Waals surface area contributed by atoms with E-state index in [9.17, 15) is 14.0 Å². The number of cyclic esters (lactones) is 1. The summed E-state index contributed by atoms with van der Waals surface area (Å²) in [7, 11) is 0. The van der Waals surface area contributed by atoms with Gasteiger partial charge in [0.1, 0.15) is 16.9 Å². The van der Waals surface area contributed by atoms with E-state index in [2.05, 4.69) is 20.4 Å². The molecule has 1 aromatic carbocycles. The molecule has 9 nitrogen and oxygen atoms in total. The fourth-order valence-corrected chi connectivity index (χ4v) is 4.31. The molecule has 2 aliphatic rings. The second kappa shape index (κ2) is 8.42. The van der Waals surface area contributed by atoms with Crippen LogP contribution in [0.2, 0.25) is 0 Å². The molecule has 11 heteroatoms. The summed E-state index contributed by atoms with van der Waals surface area (Å²) in [5, 5.41) is 12.7. The largest absolute Gasteiger partial charge is 0.442 e. The number of benzene rings is 1. The van der Waals surface area contributed by atoms with Crippen LogP contribution < -0.4 is 20.0 Å². The van der Waals surface area contributed by atoms with E-state index in [0.717, 1.165) is 23.2 Å². The predicted molar refractivity (Wildman–Crippen MR) is 112 cm³/mol. The van der Waals surface area contributed by atoms with Gasteiger partial charge in [0.2, 0.25) is 11.0 Å². The Morgan fingerprint density at radius 2 is 2.00 bits per heavy atom. The summed E-state index contributed by atoms with van der Waals surface area (Å²) in [6, 6.07) is 4.78. The van der Waals surface area contributed by atoms with Crippen molar-refractivity contribution in [1.29, 1.82) is 0 Å². The van der Waals surface area contributed by atoms with Gasteiger partial charge in [0.25, 0.3) is 0 Å². The summed E-state index contributed by atoms with van der Waals surface area (Å²) in [4.78, 5) is 28.7. The quantitative estimate of drug-likeness (QED) is 0.767. The predicted octanol–water partition coefficient (Wildman–Crippen LogP) is 1.77. The Kier molecular flexibility index (Phi) is 5.71. The third-order valence-electron chi connectivity index (χ3n) is 5.10. The molecule has 1 unspecified atom stereocenters. The lowest BCUT2D eigenvalue weighted by molar-refractivity contribution is -0.119. The molecule has 160 valence electrons. The van der Waals surface area contributed by atoms with Crippen LogP contribution in [-0.2, 0) is 9.53 Å². The number of carbonyl (C=O) groups excluding carboxylic acids is 2. The number of amides is 2. The number of aromatic nitrogens is 2. The lowest BCUT2D eigenvalue weighted by Gasteiger charge is -2.36. The zero-order valence-corrected chi connectivity index (χ0v) is 17.6. The average molecular weight is 434 g/mol. The molecule has 0 aliphatic carbocycles. The number of nitrogens with one attached hydrogen (secondary N) is 1. The van der Waals surface area contributed by atoms with E-state index in [1.807, 2.05) is 11.8 Å². The molecule has 2 amide bonds. The fourth-order valence-electron chi connectivity index (χ4n) is 3.57. The highest BCUT2D eigenvalue weighted by Crippen LogP contribution is 2.29. The van der Waals surface area contributed by atoms with Gasteiger partial charge in [-0.2, -0.15) is 0 Å². The first kappa shape index (κ1) is 20.3. The molecule has 4 rings (SSSR count).